The van der Waals surface area contributed by atoms with Gasteiger partial charge in [0.15, 0.2) is 23.4 Å². The van der Waals surface area contributed by atoms with Gasteiger partial charge in [-0.25, -0.2) is 4.79 Å². The lowest BCUT2D eigenvalue weighted by Gasteiger charge is -2.20. The predicted octanol–water partition coefficient (Wildman–Crippen LogP) is 5.07. The minimum Gasteiger partial charge on any atom is -0.480 e. The number of carbonyl (C=O) groups is 2. The van der Waals surface area contributed by atoms with E-state index in [2.05, 4.69) is 5.32 Å². The molecule has 0 spiro atoms. The zero-order chi connectivity index (χ0) is 22.8. The lowest BCUT2D eigenvalue weighted by atomic mass is 10.2. The van der Waals surface area contributed by atoms with E-state index >= 15 is 0 Å². The molecular weight excluding hydrogens is 445 g/mol. The fourth-order valence-corrected chi connectivity index (χ4v) is 3.04. The molecule has 0 aliphatic heterocycles. The third kappa shape index (κ3) is 5.77. The van der Waals surface area contributed by atoms with E-state index in [-0.39, 0.29) is 39.8 Å². The Kier molecular flexibility index (Phi) is 6.57. The van der Waals surface area contributed by atoms with E-state index in [1.165, 1.54) is 18.2 Å². The van der Waals surface area contributed by atoms with Gasteiger partial charge in [-0.15, -0.1) is 0 Å². The predicted molar refractivity (Wildman–Crippen MR) is 118 cm³/mol. The Morgan fingerprint density at radius 3 is 2.55 bits per heavy atom. The number of ether oxygens (including phenoxy) is 2. The largest absolute Gasteiger partial charge is 0.480 e. The van der Waals surface area contributed by atoms with Crippen LogP contribution in [0.2, 0.25) is 10.0 Å². The van der Waals surface area contributed by atoms with Crippen LogP contribution in [0, 0.1) is 0 Å². The molecule has 1 amide bonds. The normalized spacial score (nSPS) is 11.3. The van der Waals surface area contributed by atoms with E-state index in [1.54, 1.807) is 39.0 Å². The summed E-state index contributed by atoms with van der Waals surface area (Å²) < 4.78 is 16.2. The SMILES string of the molecule is CC(C)(C)OC(=O)COc1cc(Cl)ccc1NC(=O)c1cc(=O)c2cccc(Cl)c2o1. The first kappa shape index (κ1) is 22.7. The highest BCUT2D eigenvalue weighted by atomic mass is 35.5. The van der Waals surface area contributed by atoms with E-state index < -0.39 is 22.9 Å². The van der Waals surface area contributed by atoms with Crippen LogP contribution in [-0.2, 0) is 9.53 Å². The number of esters is 1. The number of halogens is 2. The smallest absolute Gasteiger partial charge is 0.344 e. The molecule has 9 heteroatoms. The Morgan fingerprint density at radius 1 is 1.10 bits per heavy atom. The molecule has 0 aliphatic carbocycles. The number of fused-ring (bicyclic) bond motifs is 1. The van der Waals surface area contributed by atoms with Crippen LogP contribution in [0.15, 0.2) is 51.7 Å². The van der Waals surface area contributed by atoms with Gasteiger partial charge >= 0.3 is 5.97 Å². The number of carbonyl (C=O) groups excluding carboxylic acids is 2. The molecule has 1 N–H and O–H groups in total. The second-order valence-corrected chi connectivity index (χ2v) is 8.40. The quantitative estimate of drug-likeness (QED) is 0.530. The second-order valence-electron chi connectivity index (χ2n) is 7.56. The Hall–Kier alpha value is -3.03. The molecule has 0 radical (unpaired) electrons. The summed E-state index contributed by atoms with van der Waals surface area (Å²) in [5.74, 6) is -1.38. The standard InChI is InChI=1S/C22H19Cl2NO6/c1-22(2,3)31-19(27)11-29-17-9-12(23)7-8-15(17)25-21(28)18-10-16(26)13-5-4-6-14(24)20(13)30-18/h4-10H,11H2,1-3H3,(H,25,28). The maximum Gasteiger partial charge on any atom is 0.344 e. The average molecular weight is 464 g/mol. The van der Waals surface area contributed by atoms with Crippen LogP contribution in [0.25, 0.3) is 11.0 Å². The van der Waals surface area contributed by atoms with Crippen molar-refractivity contribution in [1.82, 2.24) is 0 Å². The summed E-state index contributed by atoms with van der Waals surface area (Å²) in [4.78, 5) is 37.0. The minimum atomic E-state index is -0.705. The van der Waals surface area contributed by atoms with Gasteiger partial charge < -0.3 is 19.2 Å². The highest BCUT2D eigenvalue weighted by molar-refractivity contribution is 6.34. The molecule has 162 valence electrons. The third-order valence-electron chi connectivity index (χ3n) is 3.89. The van der Waals surface area contributed by atoms with Crippen molar-refractivity contribution in [2.45, 2.75) is 26.4 Å². The van der Waals surface area contributed by atoms with Crippen molar-refractivity contribution in [3.8, 4) is 5.75 Å². The van der Waals surface area contributed by atoms with Gasteiger partial charge in [-0.3, -0.25) is 9.59 Å². The van der Waals surface area contributed by atoms with Crippen molar-refractivity contribution in [1.29, 1.82) is 0 Å². The highest BCUT2D eigenvalue weighted by Gasteiger charge is 2.19. The van der Waals surface area contributed by atoms with Crippen LogP contribution in [0.5, 0.6) is 5.75 Å². The number of para-hydroxylation sites is 1. The summed E-state index contributed by atoms with van der Waals surface area (Å²) in [5, 5.41) is 3.39. The first-order valence-corrected chi connectivity index (χ1v) is 9.97. The number of benzene rings is 2. The van der Waals surface area contributed by atoms with Gasteiger partial charge in [-0.05, 0) is 45.0 Å². The van der Waals surface area contributed by atoms with E-state index in [4.69, 9.17) is 37.1 Å². The van der Waals surface area contributed by atoms with Gasteiger partial charge in [0.25, 0.3) is 5.91 Å². The number of rotatable bonds is 5. The lowest BCUT2D eigenvalue weighted by Crippen LogP contribution is -2.27. The minimum absolute atomic E-state index is 0.110. The molecule has 0 aliphatic rings. The van der Waals surface area contributed by atoms with Gasteiger partial charge in [0, 0.05) is 17.2 Å². The summed E-state index contributed by atoms with van der Waals surface area (Å²) in [7, 11) is 0. The van der Waals surface area contributed by atoms with Gasteiger partial charge in [-0.2, -0.15) is 0 Å². The van der Waals surface area contributed by atoms with Crippen molar-refractivity contribution in [2.24, 2.45) is 0 Å². The van der Waals surface area contributed by atoms with Crippen molar-refractivity contribution < 1.29 is 23.5 Å². The molecule has 2 aromatic carbocycles. The molecule has 0 fully saturated rings. The molecule has 7 nitrogen and oxygen atoms in total. The molecule has 0 atom stereocenters. The number of nitrogens with one attached hydrogen (secondary N) is 1. The third-order valence-corrected chi connectivity index (χ3v) is 4.42. The summed E-state index contributed by atoms with van der Waals surface area (Å²) in [6.07, 6.45) is 0. The maximum absolute atomic E-state index is 12.7. The van der Waals surface area contributed by atoms with Crippen LogP contribution in [0.4, 0.5) is 5.69 Å². The Bertz CT molecular complexity index is 1210. The first-order chi connectivity index (χ1) is 14.5. The summed E-state index contributed by atoms with van der Waals surface area (Å²) >= 11 is 12.1. The molecule has 0 bridgehead atoms. The summed E-state index contributed by atoms with van der Waals surface area (Å²) in [6, 6.07) is 10.3. The van der Waals surface area contributed by atoms with Crippen LogP contribution < -0.4 is 15.5 Å². The molecule has 0 saturated carbocycles. The molecular formula is C22H19Cl2NO6. The lowest BCUT2D eigenvalue weighted by molar-refractivity contribution is -0.157. The zero-order valence-electron chi connectivity index (χ0n) is 17.0. The molecule has 1 aromatic heterocycles. The molecule has 3 aromatic rings. The maximum atomic E-state index is 12.7. The van der Waals surface area contributed by atoms with Crippen molar-refractivity contribution >= 4 is 51.7 Å². The van der Waals surface area contributed by atoms with E-state index in [0.29, 0.717) is 5.02 Å². The molecule has 31 heavy (non-hydrogen) atoms. The van der Waals surface area contributed by atoms with Crippen LogP contribution >= 0.6 is 23.2 Å². The van der Waals surface area contributed by atoms with E-state index in [1.807, 2.05) is 0 Å². The fraction of sp³-hybridized carbons (Fsp3) is 0.227. The monoisotopic (exact) mass is 463 g/mol. The Morgan fingerprint density at radius 2 is 1.84 bits per heavy atom. The summed E-state index contributed by atoms with van der Waals surface area (Å²) in [6.45, 7) is 4.82. The Balaban J connectivity index is 1.83. The van der Waals surface area contributed by atoms with Crippen LogP contribution in [-0.4, -0.2) is 24.1 Å². The van der Waals surface area contributed by atoms with Crippen molar-refractivity contribution in [3.63, 3.8) is 0 Å². The molecule has 0 unspecified atom stereocenters. The highest BCUT2D eigenvalue weighted by Crippen LogP contribution is 2.29. The molecule has 1 heterocycles. The first-order valence-electron chi connectivity index (χ1n) is 9.21. The van der Waals surface area contributed by atoms with Gasteiger partial charge in [0.1, 0.15) is 11.4 Å². The van der Waals surface area contributed by atoms with Gasteiger partial charge in [0.05, 0.1) is 16.1 Å². The van der Waals surface area contributed by atoms with E-state index in [9.17, 15) is 14.4 Å². The molecule has 3 rings (SSSR count). The zero-order valence-corrected chi connectivity index (χ0v) is 18.5. The van der Waals surface area contributed by atoms with Gasteiger partial charge in [0.2, 0.25) is 0 Å². The number of hydrogen-bond donors (Lipinski definition) is 1. The second kappa shape index (κ2) is 8.99. The van der Waals surface area contributed by atoms with Crippen molar-refractivity contribution in [3.05, 3.63) is 68.5 Å². The number of hydrogen-bond acceptors (Lipinski definition) is 6. The topological polar surface area (TPSA) is 94.8 Å². The van der Waals surface area contributed by atoms with Crippen molar-refractivity contribution in [2.75, 3.05) is 11.9 Å². The van der Waals surface area contributed by atoms with E-state index in [0.717, 1.165) is 6.07 Å². The number of amides is 1. The summed E-state index contributed by atoms with van der Waals surface area (Å²) in [5.41, 5.74) is -0.744. The molecule has 0 saturated heterocycles. The average Bonchev–Trinajstić information content (AvgIpc) is 2.67. The van der Waals surface area contributed by atoms with Crippen LogP contribution in [0.1, 0.15) is 31.3 Å². The fourth-order valence-electron chi connectivity index (χ4n) is 2.67. The Labute approximate surface area is 187 Å². The van der Waals surface area contributed by atoms with Gasteiger partial charge in [-0.1, -0.05) is 29.3 Å². The number of anilines is 1. The van der Waals surface area contributed by atoms with Crippen LogP contribution in [0.3, 0.4) is 0 Å².